The lowest BCUT2D eigenvalue weighted by atomic mass is 10.2. The van der Waals surface area contributed by atoms with E-state index in [1.54, 1.807) is 0 Å². The Bertz CT molecular complexity index is 614. The average Bonchev–Trinajstić information content (AvgIpc) is 2.47. The maximum absolute atomic E-state index is 6.13. The monoisotopic (exact) mass is 323 g/mol. The van der Waals surface area contributed by atoms with Gasteiger partial charge in [-0.3, -0.25) is 0 Å². The normalized spacial score (nSPS) is 10.5. The van der Waals surface area contributed by atoms with E-state index >= 15 is 0 Å². The number of nitrogens with one attached hydrogen (secondary N) is 1. The maximum atomic E-state index is 6.13. The Hall–Kier alpha value is -1.38. The number of ether oxygens (including phenoxy) is 1. The molecule has 2 aromatic rings. The summed E-state index contributed by atoms with van der Waals surface area (Å²) in [6, 6.07) is 11.6. The second-order valence-corrected chi connectivity index (χ2v) is 5.76. The van der Waals surface area contributed by atoms with Gasteiger partial charge in [-0.1, -0.05) is 36.2 Å². The topological polar surface area (TPSA) is 21.3 Å². The molecule has 2 rings (SSSR count). The van der Waals surface area contributed by atoms with Crippen molar-refractivity contribution >= 4 is 28.9 Å². The smallest absolute Gasteiger partial charge is 0.124 e. The highest BCUT2D eigenvalue weighted by atomic mass is 35.5. The van der Waals surface area contributed by atoms with Crippen LogP contribution >= 0.6 is 23.2 Å². The van der Waals surface area contributed by atoms with E-state index in [-0.39, 0.29) is 0 Å². The number of hydrogen-bond acceptors (Lipinski definition) is 2. The quantitative estimate of drug-likeness (QED) is 0.735. The van der Waals surface area contributed by atoms with Crippen molar-refractivity contribution in [1.29, 1.82) is 0 Å². The number of rotatable bonds is 6. The number of benzene rings is 2. The highest BCUT2D eigenvalue weighted by Crippen LogP contribution is 2.25. The molecule has 0 amide bonds. The Labute approximate surface area is 136 Å². The lowest BCUT2D eigenvalue weighted by Crippen LogP contribution is -2.04. The van der Waals surface area contributed by atoms with Crippen molar-refractivity contribution in [2.45, 2.75) is 26.8 Å². The van der Waals surface area contributed by atoms with Gasteiger partial charge < -0.3 is 10.1 Å². The standard InChI is InChI=1S/C17H19Cl2NO/c1-3-8-21-17-7-5-14(18)9-13(17)11-20-15-6-4-12(2)16(19)10-15/h4-7,9-10,20H,3,8,11H2,1-2H3. The SMILES string of the molecule is CCCOc1ccc(Cl)cc1CNc1ccc(C)c(Cl)c1. The molecule has 2 aromatic carbocycles. The minimum atomic E-state index is 0.638. The van der Waals surface area contributed by atoms with Crippen molar-refractivity contribution in [1.82, 2.24) is 0 Å². The van der Waals surface area contributed by atoms with E-state index in [4.69, 9.17) is 27.9 Å². The van der Waals surface area contributed by atoms with Crippen molar-refractivity contribution in [2.24, 2.45) is 0 Å². The second kappa shape index (κ2) is 7.58. The second-order valence-electron chi connectivity index (χ2n) is 4.92. The molecule has 0 fully saturated rings. The number of aryl methyl sites for hydroxylation is 1. The summed E-state index contributed by atoms with van der Waals surface area (Å²) in [7, 11) is 0. The molecule has 0 saturated heterocycles. The minimum absolute atomic E-state index is 0.638. The van der Waals surface area contributed by atoms with Gasteiger partial charge in [0, 0.05) is 27.8 Å². The number of anilines is 1. The zero-order chi connectivity index (χ0) is 15.2. The van der Waals surface area contributed by atoms with E-state index in [9.17, 15) is 0 Å². The lowest BCUT2D eigenvalue weighted by Gasteiger charge is -2.13. The molecule has 112 valence electrons. The molecule has 2 nitrogen and oxygen atoms in total. The fourth-order valence-corrected chi connectivity index (χ4v) is 2.31. The van der Waals surface area contributed by atoms with Crippen molar-refractivity contribution in [3.05, 3.63) is 57.6 Å². The third kappa shape index (κ3) is 4.55. The molecule has 0 heterocycles. The Kier molecular flexibility index (Phi) is 5.77. The minimum Gasteiger partial charge on any atom is -0.493 e. The lowest BCUT2D eigenvalue weighted by molar-refractivity contribution is 0.314. The molecule has 1 N–H and O–H groups in total. The zero-order valence-corrected chi connectivity index (χ0v) is 13.8. The molecule has 0 atom stereocenters. The third-order valence-corrected chi connectivity index (χ3v) is 3.78. The summed E-state index contributed by atoms with van der Waals surface area (Å²) in [6.45, 7) is 5.41. The van der Waals surface area contributed by atoms with Crippen LogP contribution < -0.4 is 10.1 Å². The van der Waals surface area contributed by atoms with Gasteiger partial charge in [0.2, 0.25) is 0 Å². The van der Waals surface area contributed by atoms with Crippen LogP contribution in [0.3, 0.4) is 0 Å². The molecule has 0 saturated carbocycles. The molecule has 21 heavy (non-hydrogen) atoms. The van der Waals surface area contributed by atoms with E-state index in [0.717, 1.165) is 34.0 Å². The maximum Gasteiger partial charge on any atom is 0.124 e. The van der Waals surface area contributed by atoms with Gasteiger partial charge in [-0.15, -0.1) is 0 Å². The van der Waals surface area contributed by atoms with Gasteiger partial charge in [-0.25, -0.2) is 0 Å². The number of halogens is 2. The van der Waals surface area contributed by atoms with Crippen molar-refractivity contribution in [3.63, 3.8) is 0 Å². The van der Waals surface area contributed by atoms with E-state index < -0.39 is 0 Å². The van der Waals surface area contributed by atoms with Gasteiger partial charge in [0.25, 0.3) is 0 Å². The summed E-state index contributed by atoms with van der Waals surface area (Å²) in [5.41, 5.74) is 3.08. The van der Waals surface area contributed by atoms with Crippen LogP contribution in [0.4, 0.5) is 5.69 Å². The Morgan fingerprint density at radius 2 is 1.90 bits per heavy atom. The molecule has 0 aliphatic heterocycles. The highest BCUT2D eigenvalue weighted by Gasteiger charge is 2.05. The molecular formula is C17H19Cl2NO. The van der Waals surface area contributed by atoms with Crippen LogP contribution in [0.25, 0.3) is 0 Å². The van der Waals surface area contributed by atoms with Gasteiger partial charge in [0.15, 0.2) is 0 Å². The Balaban J connectivity index is 2.10. The zero-order valence-electron chi connectivity index (χ0n) is 12.2. The first kappa shape index (κ1) is 16.0. The first-order chi connectivity index (χ1) is 10.1. The molecule has 0 bridgehead atoms. The van der Waals surface area contributed by atoms with Crippen LogP contribution in [-0.2, 0) is 6.54 Å². The predicted octanol–water partition coefficient (Wildman–Crippen LogP) is 5.70. The summed E-state index contributed by atoms with van der Waals surface area (Å²) < 4.78 is 5.75. The van der Waals surface area contributed by atoms with Gasteiger partial charge in [0.05, 0.1) is 6.61 Å². The van der Waals surface area contributed by atoms with E-state index in [0.29, 0.717) is 18.2 Å². The highest BCUT2D eigenvalue weighted by molar-refractivity contribution is 6.31. The van der Waals surface area contributed by atoms with Gasteiger partial charge in [-0.2, -0.15) is 0 Å². The van der Waals surface area contributed by atoms with Crippen molar-refractivity contribution in [3.8, 4) is 5.75 Å². The molecule has 0 unspecified atom stereocenters. The van der Waals surface area contributed by atoms with E-state index in [1.807, 2.05) is 43.3 Å². The first-order valence-electron chi connectivity index (χ1n) is 7.01. The van der Waals surface area contributed by atoms with E-state index in [2.05, 4.69) is 12.2 Å². The van der Waals surface area contributed by atoms with Crippen molar-refractivity contribution < 1.29 is 4.74 Å². The van der Waals surface area contributed by atoms with Crippen LogP contribution in [-0.4, -0.2) is 6.61 Å². The summed E-state index contributed by atoms with van der Waals surface area (Å²) in [5.74, 6) is 0.868. The summed E-state index contributed by atoms with van der Waals surface area (Å²) >= 11 is 12.2. The Morgan fingerprint density at radius 3 is 2.62 bits per heavy atom. The van der Waals surface area contributed by atoms with Gasteiger partial charge in [0.1, 0.15) is 5.75 Å². The van der Waals surface area contributed by atoms with Gasteiger partial charge >= 0.3 is 0 Å². The summed E-state index contributed by atoms with van der Waals surface area (Å²) in [6.07, 6.45) is 0.975. The molecule has 4 heteroatoms. The van der Waals surface area contributed by atoms with Crippen LogP contribution in [0.15, 0.2) is 36.4 Å². The molecule has 0 aromatic heterocycles. The Morgan fingerprint density at radius 1 is 1.10 bits per heavy atom. The third-order valence-electron chi connectivity index (χ3n) is 3.14. The summed E-state index contributed by atoms with van der Waals surface area (Å²) in [5, 5.41) is 4.81. The van der Waals surface area contributed by atoms with E-state index in [1.165, 1.54) is 0 Å². The fourth-order valence-electron chi connectivity index (χ4n) is 1.94. The number of hydrogen-bond donors (Lipinski definition) is 1. The van der Waals surface area contributed by atoms with Crippen LogP contribution in [0.5, 0.6) is 5.75 Å². The van der Waals surface area contributed by atoms with Crippen LogP contribution in [0.2, 0.25) is 10.0 Å². The summed E-state index contributed by atoms with van der Waals surface area (Å²) in [4.78, 5) is 0. The molecule has 0 spiro atoms. The molecule has 0 aliphatic carbocycles. The molecule has 0 aliphatic rings. The predicted molar refractivity (Wildman–Crippen MR) is 90.8 cm³/mol. The first-order valence-corrected chi connectivity index (χ1v) is 7.77. The average molecular weight is 324 g/mol. The molecule has 0 radical (unpaired) electrons. The largest absolute Gasteiger partial charge is 0.493 e. The van der Waals surface area contributed by atoms with Gasteiger partial charge in [-0.05, 0) is 49.2 Å². The van der Waals surface area contributed by atoms with Crippen LogP contribution in [0, 0.1) is 6.92 Å². The van der Waals surface area contributed by atoms with Crippen LogP contribution in [0.1, 0.15) is 24.5 Å². The molecular weight excluding hydrogens is 305 g/mol. The van der Waals surface area contributed by atoms with Crippen molar-refractivity contribution in [2.75, 3.05) is 11.9 Å². The fraction of sp³-hybridized carbons (Fsp3) is 0.294.